The minimum absolute atomic E-state index is 0.0757. The van der Waals surface area contributed by atoms with E-state index in [0.29, 0.717) is 24.3 Å². The van der Waals surface area contributed by atoms with Gasteiger partial charge in [0.05, 0.1) is 11.6 Å². The number of carbonyl (C=O) groups excluding carboxylic acids is 1. The molecule has 3 rings (SSSR count). The van der Waals surface area contributed by atoms with Crippen LogP contribution in [-0.2, 0) is 6.42 Å². The van der Waals surface area contributed by atoms with Crippen molar-refractivity contribution < 1.29 is 9.53 Å². The maximum atomic E-state index is 13.0. The summed E-state index contributed by atoms with van der Waals surface area (Å²) in [6.07, 6.45) is 7.78. The zero-order valence-electron chi connectivity index (χ0n) is 17.4. The van der Waals surface area contributed by atoms with Gasteiger partial charge < -0.3 is 9.64 Å². The van der Waals surface area contributed by atoms with E-state index < -0.39 is 0 Å². The molecule has 0 radical (unpaired) electrons. The number of nitrogens with zero attached hydrogens (tertiary/aromatic N) is 3. The Morgan fingerprint density at radius 1 is 1.27 bits per heavy atom. The van der Waals surface area contributed by atoms with Gasteiger partial charge in [-0.25, -0.2) is 0 Å². The number of likely N-dealkylation sites (N-methyl/N-ethyl adjacent to an activating group) is 1. The topological polar surface area (TPSA) is 56.6 Å². The predicted molar refractivity (Wildman–Crippen MR) is 120 cm³/mol. The zero-order chi connectivity index (χ0) is 21.3. The first-order chi connectivity index (χ1) is 14.6. The van der Waals surface area contributed by atoms with Gasteiger partial charge in [0.2, 0.25) is 0 Å². The van der Waals surface area contributed by atoms with Gasteiger partial charge in [0.1, 0.15) is 12.4 Å². The molecule has 2 aromatic rings. The molecule has 1 heterocycles. The molecule has 2 aromatic carbocycles. The first-order valence-electron chi connectivity index (χ1n) is 10.1. The summed E-state index contributed by atoms with van der Waals surface area (Å²) in [5, 5.41) is 9.10. The van der Waals surface area contributed by atoms with Gasteiger partial charge in [-0.15, -0.1) is 6.58 Å². The standard InChI is InChI=1S/C25H27N3O2/c1-3-13-27(2)14-4-5-16-30-23-11-12-24-21(18-23)10-7-15-28(24)25(29)22-9-6-8-20(17-22)19-26/h3-6,8-9,11-12,17-18H,1,7,10,13-16H2,2H3. The van der Waals surface area contributed by atoms with Gasteiger partial charge >= 0.3 is 0 Å². The van der Waals surface area contributed by atoms with Crippen LogP contribution < -0.4 is 9.64 Å². The highest BCUT2D eigenvalue weighted by Gasteiger charge is 2.24. The summed E-state index contributed by atoms with van der Waals surface area (Å²) in [7, 11) is 2.04. The quantitative estimate of drug-likeness (QED) is 0.622. The number of aryl methyl sites for hydroxylation is 1. The summed E-state index contributed by atoms with van der Waals surface area (Å²) in [4.78, 5) is 17.0. The Balaban J connectivity index is 1.66. The largest absolute Gasteiger partial charge is 0.490 e. The number of fused-ring (bicyclic) bond motifs is 1. The molecular formula is C25H27N3O2. The molecule has 1 aliphatic heterocycles. The number of benzene rings is 2. The molecule has 0 bridgehead atoms. The number of nitriles is 1. The Morgan fingerprint density at radius 2 is 2.13 bits per heavy atom. The first kappa shape index (κ1) is 21.4. The molecule has 5 heteroatoms. The SMILES string of the molecule is C=CCN(C)CC=CCOc1ccc2c(c1)CCCN2C(=O)c1cccc(C#N)c1. The average molecular weight is 402 g/mol. The smallest absolute Gasteiger partial charge is 0.258 e. The lowest BCUT2D eigenvalue weighted by molar-refractivity contribution is 0.0985. The van der Waals surface area contributed by atoms with Gasteiger partial charge in [-0.2, -0.15) is 5.26 Å². The maximum absolute atomic E-state index is 13.0. The van der Waals surface area contributed by atoms with Crippen molar-refractivity contribution in [3.8, 4) is 11.8 Å². The molecule has 0 aliphatic carbocycles. The predicted octanol–water partition coefficient (Wildman–Crippen LogP) is 4.20. The Kier molecular flexibility index (Phi) is 7.42. The molecule has 0 saturated carbocycles. The van der Waals surface area contributed by atoms with Crippen molar-refractivity contribution in [1.29, 1.82) is 5.26 Å². The summed E-state index contributed by atoms with van der Waals surface area (Å²) in [5.74, 6) is 0.729. The number of carbonyl (C=O) groups is 1. The third-order valence-electron chi connectivity index (χ3n) is 5.02. The van der Waals surface area contributed by atoms with Crippen LogP contribution in [0.3, 0.4) is 0 Å². The van der Waals surface area contributed by atoms with Crippen LogP contribution in [0, 0.1) is 11.3 Å². The number of ether oxygens (including phenoxy) is 1. The second kappa shape index (κ2) is 10.4. The molecule has 0 fully saturated rings. The van der Waals surface area contributed by atoms with Crippen LogP contribution in [-0.4, -0.2) is 44.1 Å². The van der Waals surface area contributed by atoms with Gasteiger partial charge in [-0.3, -0.25) is 9.69 Å². The Bertz CT molecular complexity index is 975. The molecule has 0 atom stereocenters. The molecule has 1 amide bonds. The minimum Gasteiger partial charge on any atom is -0.490 e. The van der Waals surface area contributed by atoms with E-state index in [1.165, 1.54) is 0 Å². The van der Waals surface area contributed by atoms with Crippen LogP contribution in [0.5, 0.6) is 5.75 Å². The van der Waals surface area contributed by atoms with Crippen LogP contribution in [0.4, 0.5) is 5.69 Å². The third-order valence-corrected chi connectivity index (χ3v) is 5.02. The molecule has 0 aromatic heterocycles. The van der Waals surface area contributed by atoms with Crippen LogP contribution in [0.25, 0.3) is 0 Å². The number of rotatable bonds is 8. The van der Waals surface area contributed by atoms with Gasteiger partial charge in [0, 0.05) is 30.9 Å². The Morgan fingerprint density at radius 3 is 2.93 bits per heavy atom. The molecule has 0 N–H and O–H groups in total. The fourth-order valence-electron chi connectivity index (χ4n) is 3.51. The van der Waals surface area contributed by atoms with Crippen molar-refractivity contribution in [3.05, 3.63) is 84.0 Å². The van der Waals surface area contributed by atoms with E-state index in [1.54, 1.807) is 29.2 Å². The summed E-state index contributed by atoms with van der Waals surface area (Å²) in [6, 6.07) is 14.8. The van der Waals surface area contributed by atoms with Crippen molar-refractivity contribution in [2.75, 3.05) is 38.2 Å². The van der Waals surface area contributed by atoms with E-state index in [1.807, 2.05) is 37.4 Å². The van der Waals surface area contributed by atoms with Crippen molar-refractivity contribution in [3.63, 3.8) is 0 Å². The summed E-state index contributed by atoms with van der Waals surface area (Å²) in [6.45, 7) is 6.61. The summed E-state index contributed by atoms with van der Waals surface area (Å²) >= 11 is 0. The lowest BCUT2D eigenvalue weighted by atomic mass is 10.00. The number of hydrogen-bond donors (Lipinski definition) is 0. The van der Waals surface area contributed by atoms with E-state index in [2.05, 4.69) is 23.6 Å². The molecule has 0 spiro atoms. The first-order valence-corrected chi connectivity index (χ1v) is 10.1. The second-order valence-electron chi connectivity index (χ2n) is 7.34. The molecular weight excluding hydrogens is 374 g/mol. The van der Waals surface area contributed by atoms with E-state index in [-0.39, 0.29) is 5.91 Å². The maximum Gasteiger partial charge on any atom is 0.258 e. The lowest BCUT2D eigenvalue weighted by Crippen LogP contribution is -2.35. The highest BCUT2D eigenvalue weighted by Crippen LogP contribution is 2.31. The Labute approximate surface area is 178 Å². The number of anilines is 1. The van der Waals surface area contributed by atoms with Crippen LogP contribution >= 0.6 is 0 Å². The molecule has 5 nitrogen and oxygen atoms in total. The fraction of sp³-hybridized carbons (Fsp3) is 0.280. The highest BCUT2D eigenvalue weighted by molar-refractivity contribution is 6.07. The zero-order valence-corrected chi connectivity index (χ0v) is 17.4. The summed E-state index contributed by atoms with van der Waals surface area (Å²) in [5.41, 5.74) is 3.06. The van der Waals surface area contributed by atoms with E-state index in [0.717, 1.165) is 42.9 Å². The molecule has 1 aliphatic rings. The van der Waals surface area contributed by atoms with Gasteiger partial charge in [0.15, 0.2) is 0 Å². The van der Waals surface area contributed by atoms with Crippen LogP contribution in [0.1, 0.15) is 27.9 Å². The fourth-order valence-corrected chi connectivity index (χ4v) is 3.51. The van der Waals surface area contributed by atoms with E-state index in [4.69, 9.17) is 10.00 Å². The third kappa shape index (κ3) is 5.37. The number of hydrogen-bond acceptors (Lipinski definition) is 4. The van der Waals surface area contributed by atoms with Gasteiger partial charge in [0.25, 0.3) is 5.91 Å². The Hall–Kier alpha value is -3.36. The van der Waals surface area contributed by atoms with Gasteiger partial charge in [-0.1, -0.05) is 24.3 Å². The van der Waals surface area contributed by atoms with Crippen LogP contribution in [0.2, 0.25) is 0 Å². The normalized spacial score (nSPS) is 13.2. The molecule has 0 saturated heterocycles. The molecule has 0 unspecified atom stereocenters. The summed E-state index contributed by atoms with van der Waals surface area (Å²) < 4.78 is 5.86. The average Bonchev–Trinajstić information content (AvgIpc) is 2.78. The minimum atomic E-state index is -0.0757. The molecule has 30 heavy (non-hydrogen) atoms. The van der Waals surface area contributed by atoms with E-state index in [9.17, 15) is 4.79 Å². The monoisotopic (exact) mass is 401 g/mol. The number of amides is 1. The second-order valence-corrected chi connectivity index (χ2v) is 7.34. The van der Waals surface area contributed by atoms with Crippen molar-refractivity contribution in [2.45, 2.75) is 12.8 Å². The van der Waals surface area contributed by atoms with Gasteiger partial charge in [-0.05, 0) is 61.9 Å². The van der Waals surface area contributed by atoms with E-state index >= 15 is 0 Å². The highest BCUT2D eigenvalue weighted by atomic mass is 16.5. The van der Waals surface area contributed by atoms with Crippen molar-refractivity contribution >= 4 is 11.6 Å². The van der Waals surface area contributed by atoms with Crippen molar-refractivity contribution in [1.82, 2.24) is 4.90 Å². The van der Waals surface area contributed by atoms with Crippen molar-refractivity contribution in [2.24, 2.45) is 0 Å². The molecule has 154 valence electrons. The van der Waals surface area contributed by atoms with Crippen LogP contribution in [0.15, 0.2) is 67.3 Å². The lowest BCUT2D eigenvalue weighted by Gasteiger charge is -2.30.